The maximum atomic E-state index is 6.33. The Morgan fingerprint density at radius 1 is 1.05 bits per heavy atom. The third kappa shape index (κ3) is 2.43. The third-order valence-electron chi connectivity index (χ3n) is 6.24. The molecule has 5 rings (SSSR count). The van der Waals surface area contributed by atoms with Gasteiger partial charge in [-0.2, -0.15) is 0 Å². The number of hydrogen-bond donors (Lipinski definition) is 1. The van der Waals surface area contributed by atoms with E-state index in [0.29, 0.717) is 16.4 Å². The van der Waals surface area contributed by atoms with Gasteiger partial charge in [0.15, 0.2) is 0 Å². The van der Waals surface area contributed by atoms with E-state index in [4.69, 9.17) is 11.6 Å². The van der Waals surface area contributed by atoms with Gasteiger partial charge in [0.25, 0.3) is 0 Å². The van der Waals surface area contributed by atoms with Gasteiger partial charge < -0.3 is 5.32 Å². The van der Waals surface area contributed by atoms with Crippen LogP contribution >= 0.6 is 11.6 Å². The van der Waals surface area contributed by atoms with Crippen molar-refractivity contribution in [2.45, 2.75) is 64.5 Å². The first-order valence-electron chi connectivity index (χ1n) is 8.38. The van der Waals surface area contributed by atoms with Crippen LogP contribution in [0.5, 0.6) is 0 Å². The van der Waals surface area contributed by atoms with Gasteiger partial charge in [-0.3, -0.25) is 0 Å². The molecule has 1 aromatic rings. The molecule has 0 saturated heterocycles. The van der Waals surface area contributed by atoms with Crippen molar-refractivity contribution in [1.29, 1.82) is 0 Å². The molecule has 4 aliphatic rings. The monoisotopic (exact) mass is 303 g/mol. The lowest BCUT2D eigenvalue weighted by atomic mass is 9.43. The number of halogens is 1. The van der Waals surface area contributed by atoms with Gasteiger partial charge in [0, 0.05) is 17.1 Å². The van der Waals surface area contributed by atoms with Crippen molar-refractivity contribution in [3.63, 3.8) is 0 Å². The minimum absolute atomic E-state index is 0.363. The lowest BCUT2D eigenvalue weighted by Gasteiger charge is -2.65. The lowest BCUT2D eigenvalue weighted by molar-refractivity contribution is -0.118. The molecule has 4 fully saturated rings. The highest BCUT2D eigenvalue weighted by Gasteiger charge is 2.59. The summed E-state index contributed by atoms with van der Waals surface area (Å²) in [7, 11) is 0. The molecule has 4 aliphatic carbocycles. The van der Waals surface area contributed by atoms with Crippen molar-refractivity contribution in [3.8, 4) is 0 Å². The van der Waals surface area contributed by atoms with Crippen molar-refractivity contribution < 1.29 is 0 Å². The Labute approximate surface area is 133 Å². The lowest BCUT2D eigenvalue weighted by Crippen LogP contribution is -2.63. The topological polar surface area (TPSA) is 12.0 Å². The molecule has 0 heterocycles. The Bertz CT molecular complexity index is 548. The summed E-state index contributed by atoms with van der Waals surface area (Å²) in [5, 5.41) is 4.85. The second kappa shape index (κ2) is 4.49. The fraction of sp³-hybridized carbons (Fsp3) is 0.684. The van der Waals surface area contributed by atoms with Gasteiger partial charge in [0.2, 0.25) is 0 Å². The molecular weight excluding hydrogens is 278 g/mol. The van der Waals surface area contributed by atoms with Crippen LogP contribution in [0.1, 0.15) is 57.9 Å². The van der Waals surface area contributed by atoms with Crippen LogP contribution in [0.2, 0.25) is 5.02 Å². The van der Waals surface area contributed by atoms with Gasteiger partial charge in [0.05, 0.1) is 0 Å². The van der Waals surface area contributed by atoms with E-state index in [9.17, 15) is 0 Å². The fourth-order valence-electron chi connectivity index (χ4n) is 6.57. The van der Waals surface area contributed by atoms with Crippen LogP contribution < -0.4 is 5.32 Å². The van der Waals surface area contributed by atoms with Gasteiger partial charge in [0.1, 0.15) is 0 Å². The van der Waals surface area contributed by atoms with Gasteiger partial charge in [-0.1, -0.05) is 43.6 Å². The molecule has 0 amide bonds. The molecule has 2 unspecified atom stereocenters. The maximum Gasteiger partial charge on any atom is 0.0450 e. The maximum absolute atomic E-state index is 6.33. The average Bonchev–Trinajstić information content (AvgIpc) is 2.33. The van der Waals surface area contributed by atoms with E-state index in [-0.39, 0.29) is 0 Å². The first kappa shape index (κ1) is 14.1. The van der Waals surface area contributed by atoms with Crippen LogP contribution in [0.15, 0.2) is 24.3 Å². The molecule has 1 aromatic carbocycles. The zero-order valence-corrected chi connectivity index (χ0v) is 14.0. The summed E-state index contributed by atoms with van der Waals surface area (Å²) in [6.07, 6.45) is 8.44. The molecule has 1 N–H and O–H groups in total. The summed E-state index contributed by atoms with van der Waals surface area (Å²) in [5.74, 6) is 0.940. The van der Waals surface area contributed by atoms with E-state index in [2.05, 4.69) is 31.3 Å². The Hall–Kier alpha value is -0.530. The summed E-state index contributed by atoms with van der Waals surface area (Å²) in [5.41, 5.74) is 2.75. The normalized spacial score (nSPS) is 44.2. The average molecular weight is 304 g/mol. The molecule has 0 radical (unpaired) electrons. The molecule has 4 bridgehead atoms. The standard InChI is InChI=1S/C19H26ClN/c1-17-7-14-8-18(2,11-17)13-19(9-14,12-17)21-10-15-5-3-4-6-16(15)20/h3-6,14,21H,7-13H2,1-2H3. The Kier molecular flexibility index (Phi) is 3.01. The molecule has 0 aliphatic heterocycles. The Morgan fingerprint density at radius 3 is 2.33 bits per heavy atom. The van der Waals surface area contributed by atoms with E-state index in [1.165, 1.54) is 44.1 Å². The van der Waals surface area contributed by atoms with Crippen molar-refractivity contribution in [2.24, 2.45) is 16.7 Å². The first-order chi connectivity index (χ1) is 9.90. The first-order valence-corrected chi connectivity index (χ1v) is 8.76. The molecule has 4 saturated carbocycles. The highest BCUT2D eigenvalue weighted by atomic mass is 35.5. The molecule has 0 spiro atoms. The van der Waals surface area contributed by atoms with Crippen molar-refractivity contribution >= 4 is 11.6 Å². The predicted octanol–water partition coefficient (Wildman–Crippen LogP) is 5.18. The van der Waals surface area contributed by atoms with E-state index in [1.54, 1.807) is 0 Å². The summed E-state index contributed by atoms with van der Waals surface area (Å²) in [6, 6.07) is 8.25. The summed E-state index contributed by atoms with van der Waals surface area (Å²) < 4.78 is 0. The smallest absolute Gasteiger partial charge is 0.0450 e. The number of benzene rings is 1. The van der Waals surface area contributed by atoms with Crippen LogP contribution in [0.4, 0.5) is 0 Å². The van der Waals surface area contributed by atoms with Crippen molar-refractivity contribution in [3.05, 3.63) is 34.9 Å². The second-order valence-electron chi connectivity index (χ2n) is 8.86. The van der Waals surface area contributed by atoms with Crippen LogP contribution in [0.25, 0.3) is 0 Å². The summed E-state index contributed by atoms with van der Waals surface area (Å²) in [6.45, 7) is 5.97. The molecule has 2 atom stereocenters. The van der Waals surface area contributed by atoms with E-state index in [0.717, 1.165) is 17.5 Å². The third-order valence-corrected chi connectivity index (χ3v) is 6.61. The number of hydrogen-bond acceptors (Lipinski definition) is 1. The Balaban J connectivity index is 1.56. The SMILES string of the molecule is CC12CC3CC(C)(C1)CC(NCc1ccccc1Cl)(C3)C2. The van der Waals surface area contributed by atoms with Crippen molar-refractivity contribution in [2.75, 3.05) is 0 Å². The van der Waals surface area contributed by atoms with Crippen LogP contribution in [0, 0.1) is 16.7 Å². The molecular formula is C19H26ClN. The molecule has 2 heteroatoms. The molecule has 114 valence electrons. The van der Waals surface area contributed by atoms with Gasteiger partial charge in [-0.15, -0.1) is 0 Å². The van der Waals surface area contributed by atoms with Crippen LogP contribution in [-0.2, 0) is 6.54 Å². The van der Waals surface area contributed by atoms with Crippen LogP contribution in [-0.4, -0.2) is 5.54 Å². The largest absolute Gasteiger partial charge is 0.307 e. The second-order valence-corrected chi connectivity index (χ2v) is 9.26. The van der Waals surface area contributed by atoms with Gasteiger partial charge in [-0.25, -0.2) is 0 Å². The molecule has 0 aromatic heterocycles. The molecule has 21 heavy (non-hydrogen) atoms. The highest BCUT2D eigenvalue weighted by Crippen LogP contribution is 2.66. The van der Waals surface area contributed by atoms with Gasteiger partial charge >= 0.3 is 0 Å². The van der Waals surface area contributed by atoms with E-state index >= 15 is 0 Å². The predicted molar refractivity (Wildman–Crippen MR) is 88.4 cm³/mol. The summed E-state index contributed by atoms with van der Waals surface area (Å²) in [4.78, 5) is 0. The van der Waals surface area contributed by atoms with E-state index in [1.807, 2.05) is 12.1 Å². The minimum Gasteiger partial charge on any atom is -0.307 e. The zero-order valence-electron chi connectivity index (χ0n) is 13.2. The quantitative estimate of drug-likeness (QED) is 0.811. The Morgan fingerprint density at radius 2 is 1.71 bits per heavy atom. The van der Waals surface area contributed by atoms with Crippen LogP contribution in [0.3, 0.4) is 0 Å². The van der Waals surface area contributed by atoms with Crippen molar-refractivity contribution in [1.82, 2.24) is 5.32 Å². The fourth-order valence-corrected chi connectivity index (χ4v) is 6.77. The van der Waals surface area contributed by atoms with Gasteiger partial charge in [-0.05, 0) is 66.9 Å². The minimum atomic E-state index is 0.363. The summed E-state index contributed by atoms with van der Waals surface area (Å²) >= 11 is 6.33. The highest BCUT2D eigenvalue weighted by molar-refractivity contribution is 6.31. The number of nitrogens with one attached hydrogen (secondary N) is 1. The van der Waals surface area contributed by atoms with E-state index < -0.39 is 0 Å². The zero-order chi connectivity index (χ0) is 14.7. The molecule has 1 nitrogen and oxygen atoms in total. The number of rotatable bonds is 3.